The first kappa shape index (κ1) is 20.3. The third-order valence-electron chi connectivity index (χ3n) is 4.81. The first-order valence-electron chi connectivity index (χ1n) is 9.53. The average Bonchev–Trinajstić information content (AvgIpc) is 3.27. The van der Waals surface area contributed by atoms with E-state index in [2.05, 4.69) is 10.3 Å². The van der Waals surface area contributed by atoms with Gasteiger partial charge in [0.2, 0.25) is 5.91 Å². The van der Waals surface area contributed by atoms with Crippen molar-refractivity contribution in [1.82, 2.24) is 14.9 Å². The van der Waals surface area contributed by atoms with Gasteiger partial charge in [-0.25, -0.2) is 4.98 Å². The number of Topliss-reactive ketones (excluding diaryl/α,β-unsaturated/α-hetero) is 1. The van der Waals surface area contributed by atoms with Gasteiger partial charge >= 0.3 is 0 Å². The van der Waals surface area contributed by atoms with Gasteiger partial charge < -0.3 is 14.6 Å². The Labute approximate surface area is 170 Å². The summed E-state index contributed by atoms with van der Waals surface area (Å²) >= 11 is 0. The summed E-state index contributed by atoms with van der Waals surface area (Å²) in [5, 5.41) is 2.96. The zero-order valence-electron chi connectivity index (χ0n) is 16.9. The lowest BCUT2D eigenvalue weighted by Gasteiger charge is -2.15. The molecule has 1 unspecified atom stereocenters. The van der Waals surface area contributed by atoms with E-state index in [0.29, 0.717) is 11.3 Å². The number of ketones is 1. The van der Waals surface area contributed by atoms with Crippen molar-refractivity contribution in [2.75, 3.05) is 7.11 Å². The minimum Gasteiger partial charge on any atom is -0.496 e. The number of benzene rings is 2. The van der Waals surface area contributed by atoms with Gasteiger partial charge in [0.05, 0.1) is 25.0 Å². The minimum atomic E-state index is -0.156. The number of nitrogens with zero attached hydrogens (tertiary/aromatic N) is 2. The summed E-state index contributed by atoms with van der Waals surface area (Å²) in [6.45, 7) is 3.85. The first-order valence-corrected chi connectivity index (χ1v) is 9.53. The lowest BCUT2D eigenvalue weighted by Crippen LogP contribution is -2.27. The van der Waals surface area contributed by atoms with Crippen LogP contribution < -0.4 is 10.1 Å². The standard InChI is InChI=1S/C23H25N3O3/c1-16-4-10-22(29-3)20(14-16)21(27)9-11-23(28)25-17(2)18-5-7-19(8-6-18)26-13-12-24-15-26/h4-8,10,12-15,17H,9,11H2,1-3H3,(H,25,28). The molecule has 1 atom stereocenters. The van der Waals surface area contributed by atoms with Crippen LogP contribution in [0.3, 0.4) is 0 Å². The van der Waals surface area contributed by atoms with Gasteiger partial charge in [-0.3, -0.25) is 9.59 Å². The van der Waals surface area contributed by atoms with E-state index in [1.807, 2.05) is 54.9 Å². The number of carbonyl (C=O) groups excluding carboxylic acids is 2. The highest BCUT2D eigenvalue weighted by Gasteiger charge is 2.16. The van der Waals surface area contributed by atoms with E-state index >= 15 is 0 Å². The van der Waals surface area contributed by atoms with Crippen LogP contribution in [-0.4, -0.2) is 28.4 Å². The normalized spacial score (nSPS) is 11.7. The molecule has 0 aliphatic heterocycles. The molecule has 6 heteroatoms. The maximum absolute atomic E-state index is 12.5. The fourth-order valence-corrected chi connectivity index (χ4v) is 3.15. The van der Waals surface area contributed by atoms with Gasteiger partial charge in [0, 0.05) is 30.9 Å². The molecule has 0 aliphatic carbocycles. The SMILES string of the molecule is COc1ccc(C)cc1C(=O)CCC(=O)NC(C)c1ccc(-n2ccnc2)cc1. The van der Waals surface area contributed by atoms with Crippen LogP contribution in [0, 0.1) is 6.92 Å². The summed E-state index contributed by atoms with van der Waals surface area (Å²) < 4.78 is 7.17. The third kappa shape index (κ3) is 5.10. The Balaban J connectivity index is 1.55. The first-order chi connectivity index (χ1) is 14.0. The molecule has 150 valence electrons. The van der Waals surface area contributed by atoms with Crippen LogP contribution in [0.15, 0.2) is 61.2 Å². The molecule has 1 heterocycles. The maximum atomic E-state index is 12.5. The second kappa shape index (κ2) is 9.19. The molecule has 0 bridgehead atoms. The van der Waals surface area contributed by atoms with Crippen molar-refractivity contribution in [2.24, 2.45) is 0 Å². The highest BCUT2D eigenvalue weighted by molar-refractivity contribution is 6.00. The molecule has 1 amide bonds. The summed E-state index contributed by atoms with van der Waals surface area (Å²) in [7, 11) is 1.54. The summed E-state index contributed by atoms with van der Waals surface area (Å²) in [6.07, 6.45) is 5.61. The Morgan fingerprint density at radius 2 is 1.90 bits per heavy atom. The fourth-order valence-electron chi connectivity index (χ4n) is 3.15. The quantitative estimate of drug-likeness (QED) is 0.589. The number of amides is 1. The van der Waals surface area contributed by atoms with Crippen molar-refractivity contribution in [2.45, 2.75) is 32.7 Å². The molecule has 0 radical (unpaired) electrons. The second-order valence-electron chi connectivity index (χ2n) is 6.98. The molecule has 0 spiro atoms. The van der Waals surface area contributed by atoms with E-state index in [-0.39, 0.29) is 30.6 Å². The third-order valence-corrected chi connectivity index (χ3v) is 4.81. The Hall–Kier alpha value is -3.41. The highest BCUT2D eigenvalue weighted by Crippen LogP contribution is 2.22. The van der Waals surface area contributed by atoms with Crippen LogP contribution in [-0.2, 0) is 4.79 Å². The van der Waals surface area contributed by atoms with Gasteiger partial charge in [0.25, 0.3) is 0 Å². The number of aryl methyl sites for hydroxylation is 1. The predicted octanol–water partition coefficient (Wildman–Crippen LogP) is 4.03. The highest BCUT2D eigenvalue weighted by atomic mass is 16.5. The molecule has 1 N–H and O–H groups in total. The Kier molecular flexibility index (Phi) is 6.44. The minimum absolute atomic E-state index is 0.0990. The van der Waals surface area contributed by atoms with Crippen LogP contribution in [0.5, 0.6) is 5.75 Å². The zero-order valence-corrected chi connectivity index (χ0v) is 16.9. The number of ether oxygens (including phenoxy) is 1. The van der Waals surface area contributed by atoms with Gasteiger partial charge in [-0.05, 0) is 43.7 Å². The monoisotopic (exact) mass is 391 g/mol. The van der Waals surface area contributed by atoms with Crippen LogP contribution in [0.1, 0.15) is 47.3 Å². The Morgan fingerprint density at radius 3 is 2.55 bits per heavy atom. The van der Waals surface area contributed by atoms with Crippen molar-refractivity contribution in [1.29, 1.82) is 0 Å². The average molecular weight is 391 g/mol. The molecule has 0 saturated carbocycles. The van der Waals surface area contributed by atoms with Crippen molar-refractivity contribution in [3.8, 4) is 11.4 Å². The van der Waals surface area contributed by atoms with Crippen LogP contribution in [0.4, 0.5) is 0 Å². The number of hydrogen-bond donors (Lipinski definition) is 1. The molecule has 2 aromatic carbocycles. The summed E-state index contributed by atoms with van der Waals surface area (Å²) in [4.78, 5) is 28.9. The van der Waals surface area contributed by atoms with E-state index in [4.69, 9.17) is 4.74 Å². The number of aromatic nitrogens is 2. The van der Waals surface area contributed by atoms with Gasteiger partial charge in [0.1, 0.15) is 5.75 Å². The summed E-state index contributed by atoms with van der Waals surface area (Å²) in [5.74, 6) is 0.279. The number of rotatable bonds is 8. The summed E-state index contributed by atoms with van der Waals surface area (Å²) in [5.41, 5.74) is 3.49. The van der Waals surface area contributed by atoms with E-state index in [0.717, 1.165) is 16.8 Å². The number of methoxy groups -OCH3 is 1. The lowest BCUT2D eigenvalue weighted by atomic mass is 10.0. The smallest absolute Gasteiger partial charge is 0.220 e. The second-order valence-corrected chi connectivity index (χ2v) is 6.98. The van der Waals surface area contributed by atoms with Crippen molar-refractivity contribution in [3.63, 3.8) is 0 Å². The van der Waals surface area contributed by atoms with Gasteiger partial charge in [0.15, 0.2) is 5.78 Å². The van der Waals surface area contributed by atoms with Crippen LogP contribution in [0.25, 0.3) is 5.69 Å². The van der Waals surface area contributed by atoms with E-state index < -0.39 is 0 Å². The number of imidazole rings is 1. The molecule has 1 aromatic heterocycles. The van der Waals surface area contributed by atoms with Gasteiger partial charge in [-0.2, -0.15) is 0 Å². The molecule has 0 saturated heterocycles. The molecule has 6 nitrogen and oxygen atoms in total. The van der Waals surface area contributed by atoms with Crippen molar-refractivity contribution in [3.05, 3.63) is 77.9 Å². The van der Waals surface area contributed by atoms with Crippen molar-refractivity contribution < 1.29 is 14.3 Å². The largest absolute Gasteiger partial charge is 0.496 e. The van der Waals surface area contributed by atoms with E-state index in [9.17, 15) is 9.59 Å². The molecular weight excluding hydrogens is 366 g/mol. The Bertz CT molecular complexity index is 979. The maximum Gasteiger partial charge on any atom is 0.220 e. The van der Waals surface area contributed by atoms with Crippen LogP contribution >= 0.6 is 0 Å². The van der Waals surface area contributed by atoms with Crippen molar-refractivity contribution >= 4 is 11.7 Å². The molecule has 3 rings (SSSR count). The topological polar surface area (TPSA) is 73.2 Å². The predicted molar refractivity (Wildman–Crippen MR) is 111 cm³/mol. The summed E-state index contributed by atoms with van der Waals surface area (Å²) in [6, 6.07) is 13.2. The number of hydrogen-bond acceptors (Lipinski definition) is 4. The van der Waals surface area contributed by atoms with E-state index in [1.54, 1.807) is 24.7 Å². The molecule has 3 aromatic rings. The molecule has 0 aliphatic rings. The zero-order chi connectivity index (χ0) is 20.8. The van der Waals surface area contributed by atoms with Gasteiger partial charge in [-0.1, -0.05) is 23.8 Å². The molecule has 29 heavy (non-hydrogen) atoms. The fraction of sp³-hybridized carbons (Fsp3) is 0.261. The number of nitrogens with one attached hydrogen (secondary N) is 1. The van der Waals surface area contributed by atoms with Gasteiger partial charge in [-0.15, -0.1) is 0 Å². The lowest BCUT2D eigenvalue weighted by molar-refractivity contribution is -0.121. The molecular formula is C23H25N3O3. The van der Waals surface area contributed by atoms with E-state index in [1.165, 1.54) is 7.11 Å². The Morgan fingerprint density at radius 1 is 1.14 bits per heavy atom. The van der Waals surface area contributed by atoms with Crippen LogP contribution in [0.2, 0.25) is 0 Å². The molecule has 0 fully saturated rings. The number of carbonyl (C=O) groups is 2.